The highest BCUT2D eigenvalue weighted by Gasteiger charge is 2.18. The maximum Gasteiger partial charge on any atom is 0.307 e. The molecule has 112 valence electrons. The first kappa shape index (κ1) is 18.1. The second-order valence-electron chi connectivity index (χ2n) is 4.45. The maximum absolute atomic E-state index is 11.4. The van der Waals surface area contributed by atoms with Crippen molar-refractivity contribution >= 4 is 11.8 Å². The van der Waals surface area contributed by atoms with Crippen LogP contribution in [0.3, 0.4) is 0 Å². The average molecular weight is 273 g/mol. The van der Waals surface area contributed by atoms with Crippen molar-refractivity contribution in [3.8, 4) is 0 Å². The third kappa shape index (κ3) is 10.7. The second kappa shape index (κ2) is 12.1. The zero-order chi connectivity index (χ0) is 14.5. The molecular formula is C14H27NO4. The number of nitrogens with one attached hydrogen (secondary N) is 1. The van der Waals surface area contributed by atoms with Gasteiger partial charge in [0.1, 0.15) is 5.78 Å². The van der Waals surface area contributed by atoms with Crippen molar-refractivity contribution in [1.82, 2.24) is 5.32 Å². The van der Waals surface area contributed by atoms with Crippen LogP contribution in [0.1, 0.15) is 46.5 Å². The van der Waals surface area contributed by atoms with Crippen molar-refractivity contribution < 1.29 is 19.1 Å². The van der Waals surface area contributed by atoms with Crippen LogP contribution in [0.5, 0.6) is 0 Å². The summed E-state index contributed by atoms with van der Waals surface area (Å²) < 4.78 is 10.3. The van der Waals surface area contributed by atoms with Gasteiger partial charge in [0, 0.05) is 13.2 Å². The van der Waals surface area contributed by atoms with E-state index in [0.717, 1.165) is 25.9 Å². The first-order valence-corrected chi connectivity index (χ1v) is 7.09. The highest BCUT2D eigenvalue weighted by molar-refractivity contribution is 5.86. The fourth-order valence-electron chi connectivity index (χ4n) is 1.55. The van der Waals surface area contributed by atoms with Gasteiger partial charge in [-0.1, -0.05) is 13.3 Å². The Hall–Kier alpha value is -0.940. The molecule has 0 aliphatic carbocycles. The van der Waals surface area contributed by atoms with Gasteiger partial charge in [-0.05, 0) is 33.2 Å². The molecule has 0 heterocycles. The fourth-order valence-corrected chi connectivity index (χ4v) is 1.55. The van der Waals surface area contributed by atoms with E-state index >= 15 is 0 Å². The Morgan fingerprint density at radius 3 is 2.42 bits per heavy atom. The molecule has 5 nitrogen and oxygen atoms in total. The van der Waals surface area contributed by atoms with Crippen molar-refractivity contribution in [3.05, 3.63) is 0 Å². The van der Waals surface area contributed by atoms with Crippen LogP contribution in [0.2, 0.25) is 0 Å². The summed E-state index contributed by atoms with van der Waals surface area (Å²) >= 11 is 0. The SMILES string of the molecule is CCCCOCCCNC(CC(=O)OCC)C(C)=O. The molecule has 0 saturated heterocycles. The Morgan fingerprint density at radius 1 is 1.16 bits per heavy atom. The molecule has 1 atom stereocenters. The highest BCUT2D eigenvalue weighted by atomic mass is 16.5. The number of ketones is 1. The molecule has 0 radical (unpaired) electrons. The second-order valence-corrected chi connectivity index (χ2v) is 4.45. The van der Waals surface area contributed by atoms with E-state index in [2.05, 4.69) is 12.2 Å². The molecule has 0 rings (SSSR count). The van der Waals surface area contributed by atoms with Gasteiger partial charge in [-0.25, -0.2) is 0 Å². The molecule has 5 heteroatoms. The Balaban J connectivity index is 3.71. The summed E-state index contributed by atoms with van der Waals surface area (Å²) in [6.07, 6.45) is 3.13. The van der Waals surface area contributed by atoms with E-state index in [9.17, 15) is 9.59 Å². The van der Waals surface area contributed by atoms with Gasteiger partial charge in [-0.2, -0.15) is 0 Å². The minimum atomic E-state index is -0.449. The van der Waals surface area contributed by atoms with Crippen LogP contribution in [-0.4, -0.2) is 44.2 Å². The van der Waals surface area contributed by atoms with Gasteiger partial charge in [0.25, 0.3) is 0 Å². The number of Topliss-reactive ketones (excluding diaryl/α,β-unsaturated/α-hetero) is 1. The van der Waals surface area contributed by atoms with Crippen molar-refractivity contribution in [2.24, 2.45) is 0 Å². The Labute approximate surface area is 116 Å². The number of carbonyl (C=O) groups is 2. The fraction of sp³-hybridized carbons (Fsp3) is 0.857. The molecule has 0 aromatic heterocycles. The summed E-state index contributed by atoms with van der Waals surface area (Å²) in [5.41, 5.74) is 0. The minimum absolute atomic E-state index is 0.0417. The highest BCUT2D eigenvalue weighted by Crippen LogP contribution is 1.98. The molecule has 0 aliphatic heterocycles. The Kier molecular flexibility index (Phi) is 11.5. The van der Waals surface area contributed by atoms with Gasteiger partial charge in [-0.3, -0.25) is 9.59 Å². The predicted octanol–water partition coefficient (Wildman–Crippen LogP) is 1.69. The van der Waals surface area contributed by atoms with Crippen molar-refractivity contribution in [2.45, 2.75) is 52.5 Å². The summed E-state index contributed by atoms with van der Waals surface area (Å²) in [7, 11) is 0. The number of ether oxygens (including phenoxy) is 2. The molecule has 19 heavy (non-hydrogen) atoms. The van der Waals surface area contributed by atoms with E-state index in [1.807, 2.05) is 0 Å². The number of esters is 1. The quantitative estimate of drug-likeness (QED) is 0.433. The standard InChI is InChI=1S/C14H27NO4/c1-4-6-9-18-10-7-8-15-13(12(3)16)11-14(17)19-5-2/h13,15H,4-11H2,1-3H3. The lowest BCUT2D eigenvalue weighted by Gasteiger charge is -2.15. The van der Waals surface area contributed by atoms with Gasteiger partial charge < -0.3 is 14.8 Å². The molecule has 1 unspecified atom stereocenters. The first-order chi connectivity index (χ1) is 9.11. The first-order valence-electron chi connectivity index (χ1n) is 7.09. The zero-order valence-electron chi connectivity index (χ0n) is 12.4. The number of unbranched alkanes of at least 4 members (excludes halogenated alkanes) is 1. The Bertz CT molecular complexity index is 256. The summed E-state index contributed by atoms with van der Waals surface area (Å²) in [5, 5.41) is 3.07. The van der Waals surface area contributed by atoms with Gasteiger partial charge >= 0.3 is 5.97 Å². The third-order valence-corrected chi connectivity index (χ3v) is 2.67. The number of rotatable bonds is 12. The molecule has 0 aliphatic rings. The van der Waals surface area contributed by atoms with Crippen LogP contribution in [-0.2, 0) is 19.1 Å². The zero-order valence-corrected chi connectivity index (χ0v) is 12.4. The molecule has 0 bridgehead atoms. The average Bonchev–Trinajstić information content (AvgIpc) is 2.36. The van der Waals surface area contributed by atoms with E-state index in [0.29, 0.717) is 19.8 Å². The molecule has 1 N–H and O–H groups in total. The van der Waals surface area contributed by atoms with Crippen molar-refractivity contribution in [1.29, 1.82) is 0 Å². The molecule has 0 amide bonds. The molecule has 0 aromatic carbocycles. The van der Waals surface area contributed by atoms with E-state index < -0.39 is 6.04 Å². The molecule has 0 aromatic rings. The normalized spacial score (nSPS) is 12.2. The van der Waals surface area contributed by atoms with Gasteiger partial charge in [-0.15, -0.1) is 0 Å². The van der Waals surface area contributed by atoms with Crippen LogP contribution in [0.15, 0.2) is 0 Å². The summed E-state index contributed by atoms with van der Waals surface area (Å²) in [6.45, 7) is 7.82. The van der Waals surface area contributed by atoms with Crippen molar-refractivity contribution in [2.75, 3.05) is 26.4 Å². The molecule has 0 saturated carbocycles. The molecular weight excluding hydrogens is 246 g/mol. The third-order valence-electron chi connectivity index (χ3n) is 2.67. The molecule has 0 fully saturated rings. The predicted molar refractivity (Wildman–Crippen MR) is 74.1 cm³/mol. The maximum atomic E-state index is 11.4. The number of hydrogen-bond donors (Lipinski definition) is 1. The minimum Gasteiger partial charge on any atom is -0.466 e. The summed E-state index contributed by atoms with van der Waals surface area (Å²) in [6, 6.07) is -0.449. The number of carbonyl (C=O) groups excluding carboxylic acids is 2. The summed E-state index contributed by atoms with van der Waals surface area (Å²) in [4.78, 5) is 22.7. The lowest BCUT2D eigenvalue weighted by molar-refractivity contribution is -0.145. The van der Waals surface area contributed by atoms with Crippen LogP contribution < -0.4 is 5.32 Å². The topological polar surface area (TPSA) is 64.6 Å². The van der Waals surface area contributed by atoms with Crippen molar-refractivity contribution in [3.63, 3.8) is 0 Å². The van der Waals surface area contributed by atoms with Crippen LogP contribution in [0.4, 0.5) is 0 Å². The lowest BCUT2D eigenvalue weighted by Crippen LogP contribution is -2.38. The molecule has 0 spiro atoms. The van der Waals surface area contributed by atoms with Crippen LogP contribution in [0, 0.1) is 0 Å². The van der Waals surface area contributed by atoms with E-state index in [1.54, 1.807) is 6.92 Å². The lowest BCUT2D eigenvalue weighted by atomic mass is 10.1. The largest absolute Gasteiger partial charge is 0.466 e. The summed E-state index contributed by atoms with van der Waals surface area (Å²) in [5.74, 6) is -0.380. The van der Waals surface area contributed by atoms with Crippen LogP contribution >= 0.6 is 0 Å². The van der Waals surface area contributed by atoms with Gasteiger partial charge in [0.15, 0.2) is 0 Å². The van der Waals surface area contributed by atoms with E-state index in [1.165, 1.54) is 6.92 Å². The monoisotopic (exact) mass is 273 g/mol. The Morgan fingerprint density at radius 2 is 1.84 bits per heavy atom. The van der Waals surface area contributed by atoms with Crippen LogP contribution in [0.25, 0.3) is 0 Å². The van der Waals surface area contributed by atoms with Gasteiger partial charge in [0.2, 0.25) is 0 Å². The number of hydrogen-bond acceptors (Lipinski definition) is 5. The smallest absolute Gasteiger partial charge is 0.307 e. The van der Waals surface area contributed by atoms with Gasteiger partial charge in [0.05, 0.1) is 19.1 Å². The van der Waals surface area contributed by atoms with E-state index in [4.69, 9.17) is 9.47 Å². The van der Waals surface area contributed by atoms with E-state index in [-0.39, 0.29) is 18.2 Å².